The highest BCUT2D eigenvalue weighted by Gasteiger charge is 2.30. The van der Waals surface area contributed by atoms with Crippen molar-refractivity contribution in [3.63, 3.8) is 0 Å². The second-order valence-electron chi connectivity index (χ2n) is 7.73. The largest absolute Gasteiger partial charge is 0.325 e. The molecule has 1 aromatic heterocycles. The summed E-state index contributed by atoms with van der Waals surface area (Å²) in [5.74, 6) is 1.27. The standard InChI is InChI=1S/C20H26N4OS/c1-13-9-14(2)11-17(10-13)21-18(25)12-24-7-5-16(6-8-24)20-23-22-19(26-20)15-3-4-15/h9-11,15-16H,3-8,12H2,1-2H3,(H,21,25). The number of carbonyl (C=O) groups is 1. The molecule has 0 spiro atoms. The smallest absolute Gasteiger partial charge is 0.238 e. The Morgan fingerprint density at radius 3 is 2.19 bits per heavy atom. The predicted molar refractivity (Wildman–Crippen MR) is 105 cm³/mol. The van der Waals surface area contributed by atoms with Gasteiger partial charge in [-0.3, -0.25) is 9.69 Å². The van der Waals surface area contributed by atoms with Crippen LogP contribution in [0, 0.1) is 13.8 Å². The Hall–Kier alpha value is -1.79. The van der Waals surface area contributed by atoms with Crippen molar-refractivity contribution >= 4 is 22.9 Å². The molecule has 6 heteroatoms. The molecule has 5 nitrogen and oxygen atoms in total. The van der Waals surface area contributed by atoms with E-state index in [2.05, 4.69) is 40.3 Å². The van der Waals surface area contributed by atoms with E-state index in [1.807, 2.05) is 23.5 Å². The summed E-state index contributed by atoms with van der Waals surface area (Å²) in [4.78, 5) is 14.6. The third-order valence-corrected chi connectivity index (χ3v) is 6.44. The molecule has 1 aromatic carbocycles. The minimum atomic E-state index is 0.0698. The van der Waals surface area contributed by atoms with Crippen molar-refractivity contribution in [1.29, 1.82) is 0 Å². The fourth-order valence-electron chi connectivity index (χ4n) is 3.70. The number of nitrogens with zero attached hydrogens (tertiary/aromatic N) is 3. The van der Waals surface area contributed by atoms with Gasteiger partial charge in [0.05, 0.1) is 6.54 Å². The fourth-order valence-corrected chi connectivity index (χ4v) is 4.88. The SMILES string of the molecule is Cc1cc(C)cc(NC(=O)CN2CCC(c3nnc(C4CC4)s3)CC2)c1. The van der Waals surface area contributed by atoms with E-state index in [1.54, 1.807) is 0 Å². The van der Waals surface area contributed by atoms with Gasteiger partial charge in [-0.25, -0.2) is 0 Å². The number of piperidine rings is 1. The maximum atomic E-state index is 12.4. The number of rotatable bonds is 5. The maximum absolute atomic E-state index is 12.4. The Morgan fingerprint density at radius 2 is 1.62 bits per heavy atom. The van der Waals surface area contributed by atoms with Crippen LogP contribution in [-0.2, 0) is 4.79 Å². The van der Waals surface area contributed by atoms with Gasteiger partial charge in [0.2, 0.25) is 5.91 Å². The molecule has 2 aromatic rings. The Labute approximate surface area is 158 Å². The molecule has 0 bridgehead atoms. The van der Waals surface area contributed by atoms with Crippen LogP contribution in [-0.4, -0.2) is 40.6 Å². The summed E-state index contributed by atoms with van der Waals surface area (Å²) in [6.45, 7) is 6.46. The highest BCUT2D eigenvalue weighted by molar-refractivity contribution is 7.11. The lowest BCUT2D eigenvalue weighted by atomic mass is 9.98. The molecule has 0 radical (unpaired) electrons. The zero-order chi connectivity index (χ0) is 18.1. The number of amides is 1. The van der Waals surface area contributed by atoms with Crippen LogP contribution in [0.3, 0.4) is 0 Å². The van der Waals surface area contributed by atoms with Crippen LogP contribution in [0.1, 0.15) is 58.7 Å². The molecule has 4 rings (SSSR count). The minimum absolute atomic E-state index is 0.0698. The Morgan fingerprint density at radius 1 is 1.04 bits per heavy atom. The number of hydrogen-bond donors (Lipinski definition) is 1. The predicted octanol–water partition coefficient (Wildman–Crippen LogP) is 3.85. The van der Waals surface area contributed by atoms with Crippen LogP contribution in [0.4, 0.5) is 5.69 Å². The van der Waals surface area contributed by atoms with Gasteiger partial charge in [0.25, 0.3) is 0 Å². The molecule has 1 amide bonds. The molecule has 2 heterocycles. The first kappa shape index (κ1) is 17.6. The number of hydrogen-bond acceptors (Lipinski definition) is 5. The van der Waals surface area contributed by atoms with Crippen LogP contribution in [0.5, 0.6) is 0 Å². The van der Waals surface area contributed by atoms with E-state index in [9.17, 15) is 4.79 Å². The highest BCUT2D eigenvalue weighted by atomic mass is 32.1. The Balaban J connectivity index is 1.27. The van der Waals surface area contributed by atoms with E-state index in [0.717, 1.165) is 31.6 Å². The highest BCUT2D eigenvalue weighted by Crippen LogP contribution is 2.43. The normalized spacial score (nSPS) is 18.8. The van der Waals surface area contributed by atoms with Crippen molar-refractivity contribution in [3.8, 4) is 0 Å². The zero-order valence-electron chi connectivity index (χ0n) is 15.5. The first-order chi connectivity index (χ1) is 12.6. The minimum Gasteiger partial charge on any atom is -0.325 e. The number of likely N-dealkylation sites (tertiary alicyclic amines) is 1. The van der Waals surface area contributed by atoms with Gasteiger partial charge in [-0.15, -0.1) is 21.5 Å². The summed E-state index contributed by atoms with van der Waals surface area (Å²) in [5.41, 5.74) is 3.23. The molecule has 1 N–H and O–H groups in total. The average Bonchev–Trinajstić information content (AvgIpc) is 3.32. The molecule has 1 aliphatic carbocycles. The third kappa shape index (κ3) is 4.30. The first-order valence-corrected chi connectivity index (χ1v) is 10.3. The van der Waals surface area contributed by atoms with Crippen LogP contribution in [0.15, 0.2) is 18.2 Å². The Kier molecular flexibility index (Phi) is 5.05. The molecular weight excluding hydrogens is 344 g/mol. The number of aromatic nitrogens is 2. The van der Waals surface area contributed by atoms with E-state index < -0.39 is 0 Å². The summed E-state index contributed by atoms with van der Waals surface area (Å²) >= 11 is 1.81. The van der Waals surface area contributed by atoms with E-state index >= 15 is 0 Å². The van der Waals surface area contributed by atoms with Crippen molar-refractivity contribution < 1.29 is 4.79 Å². The molecule has 1 saturated carbocycles. The maximum Gasteiger partial charge on any atom is 0.238 e. The molecule has 1 saturated heterocycles. The molecule has 0 atom stereocenters. The van der Waals surface area contributed by atoms with E-state index in [4.69, 9.17) is 0 Å². The van der Waals surface area contributed by atoms with Gasteiger partial charge in [-0.1, -0.05) is 6.07 Å². The van der Waals surface area contributed by atoms with Crippen LogP contribution in [0.25, 0.3) is 0 Å². The summed E-state index contributed by atoms with van der Waals surface area (Å²) in [6, 6.07) is 6.15. The van der Waals surface area contributed by atoms with Crippen molar-refractivity contribution in [2.45, 2.75) is 51.4 Å². The lowest BCUT2D eigenvalue weighted by Crippen LogP contribution is -2.38. The summed E-state index contributed by atoms with van der Waals surface area (Å²) in [6.07, 6.45) is 4.69. The van der Waals surface area contributed by atoms with E-state index in [-0.39, 0.29) is 5.91 Å². The lowest BCUT2D eigenvalue weighted by Gasteiger charge is -2.30. The van der Waals surface area contributed by atoms with Gasteiger partial charge >= 0.3 is 0 Å². The van der Waals surface area contributed by atoms with Crippen LogP contribution < -0.4 is 5.32 Å². The summed E-state index contributed by atoms with van der Waals surface area (Å²) in [7, 11) is 0. The quantitative estimate of drug-likeness (QED) is 0.868. The Bertz CT molecular complexity index is 771. The van der Waals surface area contributed by atoms with Crippen molar-refractivity contribution in [2.75, 3.05) is 25.0 Å². The van der Waals surface area contributed by atoms with Crippen molar-refractivity contribution in [2.24, 2.45) is 0 Å². The monoisotopic (exact) mass is 370 g/mol. The number of carbonyl (C=O) groups excluding carboxylic acids is 1. The van der Waals surface area contributed by atoms with Crippen LogP contribution >= 0.6 is 11.3 Å². The third-order valence-electron chi connectivity index (χ3n) is 5.19. The second kappa shape index (κ2) is 7.45. The summed E-state index contributed by atoms with van der Waals surface area (Å²) in [5, 5.41) is 14.3. The average molecular weight is 371 g/mol. The molecular formula is C20H26N4OS. The van der Waals surface area contributed by atoms with Gasteiger partial charge < -0.3 is 5.32 Å². The van der Waals surface area contributed by atoms with Crippen molar-refractivity contribution in [1.82, 2.24) is 15.1 Å². The molecule has 2 aliphatic rings. The van der Waals surface area contributed by atoms with Gasteiger partial charge in [0.1, 0.15) is 10.0 Å². The molecule has 26 heavy (non-hydrogen) atoms. The van der Waals surface area contributed by atoms with Crippen LogP contribution in [0.2, 0.25) is 0 Å². The molecule has 0 unspecified atom stereocenters. The number of anilines is 1. The molecule has 138 valence electrons. The zero-order valence-corrected chi connectivity index (χ0v) is 16.3. The number of aryl methyl sites for hydroxylation is 2. The number of benzene rings is 1. The molecule has 1 aliphatic heterocycles. The van der Waals surface area contributed by atoms with Gasteiger partial charge in [-0.2, -0.15) is 0 Å². The van der Waals surface area contributed by atoms with E-state index in [1.165, 1.54) is 34.0 Å². The van der Waals surface area contributed by atoms with Gasteiger partial charge in [0, 0.05) is 17.5 Å². The lowest BCUT2D eigenvalue weighted by molar-refractivity contribution is -0.117. The molecule has 2 fully saturated rings. The summed E-state index contributed by atoms with van der Waals surface area (Å²) < 4.78 is 0. The topological polar surface area (TPSA) is 58.1 Å². The second-order valence-corrected chi connectivity index (χ2v) is 8.77. The van der Waals surface area contributed by atoms with Gasteiger partial charge in [-0.05, 0) is 75.9 Å². The van der Waals surface area contributed by atoms with Crippen molar-refractivity contribution in [3.05, 3.63) is 39.3 Å². The van der Waals surface area contributed by atoms with Gasteiger partial charge in [0.15, 0.2) is 0 Å². The fraction of sp³-hybridized carbons (Fsp3) is 0.550. The number of nitrogens with one attached hydrogen (secondary N) is 1. The van der Waals surface area contributed by atoms with E-state index in [0.29, 0.717) is 18.4 Å². The first-order valence-electron chi connectivity index (χ1n) is 9.50.